The van der Waals surface area contributed by atoms with E-state index in [4.69, 9.17) is 0 Å². The Bertz CT molecular complexity index is 429. The summed E-state index contributed by atoms with van der Waals surface area (Å²) in [5.41, 5.74) is 7.58. The molecule has 0 unspecified atom stereocenters. The van der Waals surface area contributed by atoms with Gasteiger partial charge in [-0.3, -0.25) is 0 Å². The van der Waals surface area contributed by atoms with Crippen LogP contribution in [-0.4, -0.2) is 13.1 Å². The highest BCUT2D eigenvalue weighted by atomic mass is 14.9. The molecule has 20 heavy (non-hydrogen) atoms. The summed E-state index contributed by atoms with van der Waals surface area (Å²) in [6.45, 7) is 20.5. The lowest BCUT2D eigenvalue weighted by Crippen LogP contribution is -2.29. The first kappa shape index (κ1) is 17.2. The van der Waals surface area contributed by atoms with Gasteiger partial charge >= 0.3 is 0 Å². The topological polar surface area (TPSA) is 12.0 Å². The molecule has 0 heterocycles. The molecule has 0 aliphatic rings. The van der Waals surface area contributed by atoms with Gasteiger partial charge in [-0.05, 0) is 86.4 Å². The molecule has 0 atom stereocenters. The quantitative estimate of drug-likeness (QED) is 0.733. The van der Waals surface area contributed by atoms with E-state index in [9.17, 15) is 0 Å². The van der Waals surface area contributed by atoms with Crippen molar-refractivity contribution in [1.29, 1.82) is 0 Å². The zero-order valence-corrected chi connectivity index (χ0v) is 14.8. The second kappa shape index (κ2) is 6.76. The molecule has 114 valence electrons. The molecule has 1 aromatic rings. The maximum atomic E-state index is 3.58. The van der Waals surface area contributed by atoms with Gasteiger partial charge in [-0.25, -0.2) is 0 Å². The first-order valence-electron chi connectivity index (χ1n) is 7.95. The molecule has 1 aromatic carbocycles. The highest BCUT2D eigenvalue weighted by Crippen LogP contribution is 2.35. The molecule has 0 bridgehead atoms. The summed E-state index contributed by atoms with van der Waals surface area (Å²) in [5.74, 6) is 0.725. The fourth-order valence-electron chi connectivity index (χ4n) is 3.15. The van der Waals surface area contributed by atoms with Gasteiger partial charge in [-0.1, -0.05) is 33.8 Å². The molecular weight excluding hydrogens is 242 g/mol. The van der Waals surface area contributed by atoms with Crippen molar-refractivity contribution in [2.75, 3.05) is 13.1 Å². The molecule has 1 heteroatoms. The van der Waals surface area contributed by atoms with E-state index < -0.39 is 0 Å². The number of nitrogens with one attached hydrogen (secondary N) is 1. The van der Waals surface area contributed by atoms with Crippen LogP contribution in [0.3, 0.4) is 0 Å². The molecule has 1 rings (SSSR count). The van der Waals surface area contributed by atoms with E-state index in [-0.39, 0.29) is 5.41 Å². The normalized spacial score (nSPS) is 12.2. The van der Waals surface area contributed by atoms with Gasteiger partial charge < -0.3 is 5.32 Å². The molecule has 0 radical (unpaired) electrons. The SMILES string of the molecule is Cc1cc(C)c(C)c(C(C)(C)CCNCC(C)C)c1C. The summed E-state index contributed by atoms with van der Waals surface area (Å²) < 4.78 is 0. The van der Waals surface area contributed by atoms with Crippen LogP contribution in [0.25, 0.3) is 0 Å². The van der Waals surface area contributed by atoms with Crippen LogP contribution in [0.5, 0.6) is 0 Å². The van der Waals surface area contributed by atoms with E-state index in [1.54, 1.807) is 5.56 Å². The van der Waals surface area contributed by atoms with Gasteiger partial charge in [-0.2, -0.15) is 0 Å². The second-order valence-electron chi connectivity index (χ2n) is 7.37. The lowest BCUT2D eigenvalue weighted by molar-refractivity contribution is 0.438. The first-order chi connectivity index (χ1) is 9.16. The Hall–Kier alpha value is -0.820. The molecule has 0 saturated heterocycles. The van der Waals surface area contributed by atoms with Crippen LogP contribution in [0, 0.1) is 33.6 Å². The zero-order chi connectivity index (χ0) is 15.5. The molecule has 0 aliphatic carbocycles. The minimum absolute atomic E-state index is 0.231. The van der Waals surface area contributed by atoms with E-state index in [0.29, 0.717) is 0 Å². The first-order valence-corrected chi connectivity index (χ1v) is 7.95. The van der Waals surface area contributed by atoms with Crippen LogP contribution in [0.2, 0.25) is 0 Å². The predicted octanol–water partition coefficient (Wildman–Crippen LogP) is 4.83. The Balaban J connectivity index is 2.92. The lowest BCUT2D eigenvalue weighted by atomic mass is 9.75. The predicted molar refractivity (Wildman–Crippen MR) is 90.7 cm³/mol. The van der Waals surface area contributed by atoms with Crippen LogP contribution in [0.15, 0.2) is 6.07 Å². The Morgan fingerprint density at radius 2 is 1.50 bits per heavy atom. The molecule has 0 fully saturated rings. The van der Waals surface area contributed by atoms with Gasteiger partial charge in [0.25, 0.3) is 0 Å². The van der Waals surface area contributed by atoms with Gasteiger partial charge in [0.2, 0.25) is 0 Å². The Labute approximate surface area is 126 Å². The Morgan fingerprint density at radius 1 is 1.00 bits per heavy atom. The highest BCUT2D eigenvalue weighted by Gasteiger charge is 2.25. The van der Waals surface area contributed by atoms with Crippen molar-refractivity contribution in [2.24, 2.45) is 5.92 Å². The number of rotatable bonds is 6. The maximum absolute atomic E-state index is 3.58. The molecule has 0 amide bonds. The minimum atomic E-state index is 0.231. The zero-order valence-electron chi connectivity index (χ0n) is 14.8. The molecule has 0 aliphatic heterocycles. The third-order valence-electron chi connectivity index (χ3n) is 4.52. The molecule has 1 nitrogen and oxygen atoms in total. The smallest absolute Gasteiger partial charge is 0.00258 e. The van der Waals surface area contributed by atoms with Crippen LogP contribution in [0.1, 0.15) is 61.9 Å². The Kier molecular flexibility index (Phi) is 5.82. The Morgan fingerprint density at radius 3 is 1.95 bits per heavy atom. The van der Waals surface area contributed by atoms with E-state index in [1.165, 1.54) is 28.7 Å². The van der Waals surface area contributed by atoms with Gasteiger partial charge in [0.05, 0.1) is 0 Å². The van der Waals surface area contributed by atoms with Gasteiger partial charge in [0.1, 0.15) is 0 Å². The fourth-order valence-corrected chi connectivity index (χ4v) is 3.15. The average molecular weight is 275 g/mol. The summed E-state index contributed by atoms with van der Waals surface area (Å²) in [6.07, 6.45) is 1.18. The number of hydrogen-bond donors (Lipinski definition) is 1. The molecule has 0 saturated carbocycles. The van der Waals surface area contributed by atoms with Crippen molar-refractivity contribution >= 4 is 0 Å². The van der Waals surface area contributed by atoms with Crippen molar-refractivity contribution in [3.8, 4) is 0 Å². The second-order valence-corrected chi connectivity index (χ2v) is 7.37. The maximum Gasteiger partial charge on any atom is -0.00258 e. The summed E-state index contributed by atoms with van der Waals surface area (Å²) in [4.78, 5) is 0. The van der Waals surface area contributed by atoms with Crippen molar-refractivity contribution in [1.82, 2.24) is 5.32 Å². The number of aryl methyl sites for hydroxylation is 2. The summed E-state index contributed by atoms with van der Waals surface area (Å²) in [6, 6.07) is 2.32. The van der Waals surface area contributed by atoms with Crippen LogP contribution < -0.4 is 5.32 Å². The fraction of sp³-hybridized carbons (Fsp3) is 0.684. The number of benzene rings is 1. The molecule has 0 aromatic heterocycles. The summed E-state index contributed by atoms with van der Waals surface area (Å²) in [5, 5.41) is 3.58. The van der Waals surface area contributed by atoms with E-state index in [0.717, 1.165) is 19.0 Å². The van der Waals surface area contributed by atoms with E-state index in [1.807, 2.05) is 0 Å². The standard InChI is InChI=1S/C19H33N/c1-13(2)12-20-10-9-19(7,8)18-16(5)14(3)11-15(4)17(18)6/h11,13,20H,9-10,12H2,1-8H3. The minimum Gasteiger partial charge on any atom is -0.316 e. The van der Waals surface area contributed by atoms with E-state index in [2.05, 4.69) is 66.8 Å². The van der Waals surface area contributed by atoms with Crippen LogP contribution >= 0.6 is 0 Å². The van der Waals surface area contributed by atoms with Crippen molar-refractivity contribution in [3.63, 3.8) is 0 Å². The molecule has 0 spiro atoms. The van der Waals surface area contributed by atoms with E-state index >= 15 is 0 Å². The lowest BCUT2D eigenvalue weighted by Gasteiger charge is -2.31. The summed E-state index contributed by atoms with van der Waals surface area (Å²) in [7, 11) is 0. The molecular formula is C19H33N. The van der Waals surface area contributed by atoms with Gasteiger partial charge in [0, 0.05) is 0 Å². The summed E-state index contributed by atoms with van der Waals surface area (Å²) >= 11 is 0. The third kappa shape index (κ3) is 4.09. The monoisotopic (exact) mass is 275 g/mol. The third-order valence-corrected chi connectivity index (χ3v) is 4.52. The molecule has 1 N–H and O–H groups in total. The van der Waals surface area contributed by atoms with Crippen molar-refractivity contribution in [2.45, 2.75) is 67.2 Å². The average Bonchev–Trinajstić information content (AvgIpc) is 2.32. The highest BCUT2D eigenvalue weighted by molar-refractivity contribution is 5.47. The van der Waals surface area contributed by atoms with Crippen LogP contribution in [0.4, 0.5) is 0 Å². The largest absolute Gasteiger partial charge is 0.316 e. The number of hydrogen-bond acceptors (Lipinski definition) is 1. The van der Waals surface area contributed by atoms with Gasteiger partial charge in [0.15, 0.2) is 0 Å². The van der Waals surface area contributed by atoms with Crippen molar-refractivity contribution in [3.05, 3.63) is 33.9 Å². The van der Waals surface area contributed by atoms with Crippen LogP contribution in [-0.2, 0) is 5.41 Å². The van der Waals surface area contributed by atoms with Gasteiger partial charge in [-0.15, -0.1) is 0 Å². The van der Waals surface area contributed by atoms with Crippen molar-refractivity contribution < 1.29 is 0 Å².